The number of rotatable bonds is 10. The Morgan fingerprint density at radius 3 is 2.09 bits per heavy atom. The molecule has 0 saturated heterocycles. The van der Waals surface area contributed by atoms with E-state index >= 15 is 0 Å². The molecule has 0 radical (unpaired) electrons. The topological polar surface area (TPSA) is 29.1 Å². The molecule has 3 unspecified atom stereocenters. The smallest absolute Gasteiger partial charge is 0.108 e. The molecule has 0 saturated carbocycles. The van der Waals surface area contributed by atoms with Gasteiger partial charge in [0.1, 0.15) is 15.1 Å². The van der Waals surface area contributed by atoms with Crippen molar-refractivity contribution in [2.45, 2.75) is 77.8 Å². The van der Waals surface area contributed by atoms with Gasteiger partial charge in [0.25, 0.3) is 0 Å². The van der Waals surface area contributed by atoms with Crippen molar-refractivity contribution in [3.8, 4) is 0 Å². The van der Waals surface area contributed by atoms with Crippen LogP contribution in [0.1, 0.15) is 67.7 Å². The lowest BCUT2D eigenvalue weighted by molar-refractivity contribution is -0.906. The van der Waals surface area contributed by atoms with Gasteiger partial charge in [-0.15, -0.1) is 0 Å². The molecule has 0 aliphatic carbocycles. The molecule has 0 aromatic carbocycles. The second kappa shape index (κ2) is 9.05. The van der Waals surface area contributed by atoms with Crippen LogP contribution in [0.4, 0.5) is 0 Å². The summed E-state index contributed by atoms with van der Waals surface area (Å²) in [6.07, 6.45) is 3.03. The molecular formula is C17H39N2OS2+. The third kappa shape index (κ3) is 8.90. The highest BCUT2D eigenvalue weighted by Crippen LogP contribution is 2.33. The molecule has 0 rings (SSSR count). The minimum Gasteiger partial charge on any atom is -0.327 e. The summed E-state index contributed by atoms with van der Waals surface area (Å²) in [5, 5.41) is 0. The first-order valence-electron chi connectivity index (χ1n) is 8.59. The normalized spacial score (nSPS) is 18.8. The fraction of sp³-hybridized carbons (Fsp3) is 1.00. The van der Waals surface area contributed by atoms with E-state index in [1.54, 1.807) is 0 Å². The molecule has 22 heavy (non-hydrogen) atoms. The Kier molecular flexibility index (Phi) is 9.22. The zero-order chi connectivity index (χ0) is 17.6. The zero-order valence-corrected chi connectivity index (χ0v) is 17.7. The third-order valence-corrected chi connectivity index (χ3v) is 6.64. The van der Waals surface area contributed by atoms with Gasteiger partial charge in [0.2, 0.25) is 0 Å². The Bertz CT molecular complexity index is 347. The fourth-order valence-electron chi connectivity index (χ4n) is 2.74. The van der Waals surface area contributed by atoms with Gasteiger partial charge in [0, 0.05) is 6.04 Å². The second-order valence-electron chi connectivity index (χ2n) is 8.32. The van der Waals surface area contributed by atoms with Gasteiger partial charge in [-0.25, -0.2) is 8.93 Å². The molecule has 1 N–H and O–H groups in total. The molecule has 0 aromatic heterocycles. The lowest BCUT2D eigenvalue weighted by Crippen LogP contribution is -2.45. The van der Waals surface area contributed by atoms with E-state index in [9.17, 15) is 4.21 Å². The van der Waals surface area contributed by atoms with E-state index in [0.717, 1.165) is 23.7 Å². The van der Waals surface area contributed by atoms with E-state index in [2.05, 4.69) is 65.9 Å². The number of hydrogen-bond acceptors (Lipinski definition) is 2. The van der Waals surface area contributed by atoms with Crippen molar-refractivity contribution in [1.82, 2.24) is 4.72 Å². The summed E-state index contributed by atoms with van der Waals surface area (Å²) < 4.78 is 16.4. The summed E-state index contributed by atoms with van der Waals surface area (Å²) in [4.78, 5) is 0. The molecule has 0 bridgehead atoms. The van der Waals surface area contributed by atoms with Crippen LogP contribution in [0.15, 0.2) is 0 Å². The summed E-state index contributed by atoms with van der Waals surface area (Å²) in [7, 11) is 1.18. The van der Waals surface area contributed by atoms with Crippen molar-refractivity contribution < 1.29 is 8.69 Å². The molecule has 0 fully saturated rings. The maximum atomic E-state index is 12.5. The average molecular weight is 352 g/mol. The van der Waals surface area contributed by atoms with Crippen LogP contribution in [0.2, 0.25) is 0 Å². The van der Waals surface area contributed by atoms with Crippen LogP contribution in [0, 0.1) is 5.41 Å². The molecule has 0 heterocycles. The van der Waals surface area contributed by atoms with Crippen LogP contribution in [0.5, 0.6) is 0 Å². The van der Waals surface area contributed by atoms with Crippen molar-refractivity contribution in [2.24, 2.45) is 5.41 Å². The fourth-order valence-corrected chi connectivity index (χ4v) is 4.67. The first-order chi connectivity index (χ1) is 9.85. The summed E-state index contributed by atoms with van der Waals surface area (Å²) in [5.74, 6) is 0. The predicted octanol–water partition coefficient (Wildman–Crippen LogP) is 3.98. The standard InChI is InChI=1S/C17H38N2OS2/c1-9-19(8,10-2)13-11-12-15(3)18-22(20)17(7,21)14-16(4,5)6/h15,18H,9-14H2,1-8H3/p+1. The molecule has 3 atom stereocenters. The SMILES string of the molecule is CC[N+](C)(CC)CCCC(C)NS(=O)C(C)(S)CC(C)(C)C. The maximum Gasteiger partial charge on any atom is 0.108 e. The predicted molar refractivity (Wildman–Crippen MR) is 104 cm³/mol. The maximum absolute atomic E-state index is 12.5. The van der Waals surface area contributed by atoms with E-state index in [1.165, 1.54) is 19.6 Å². The number of hydrogen-bond donors (Lipinski definition) is 2. The highest BCUT2D eigenvalue weighted by atomic mass is 32.2. The molecule has 0 aliphatic rings. The summed E-state index contributed by atoms with van der Waals surface area (Å²) in [6, 6.07) is 0.259. The third-order valence-electron chi connectivity index (χ3n) is 4.43. The van der Waals surface area contributed by atoms with Gasteiger partial charge in [-0.05, 0) is 52.4 Å². The molecular weight excluding hydrogens is 312 g/mol. The van der Waals surface area contributed by atoms with Crippen LogP contribution in [-0.2, 0) is 11.0 Å². The molecule has 0 aliphatic heterocycles. The Labute approximate surface area is 147 Å². The van der Waals surface area contributed by atoms with Crippen LogP contribution in [0.3, 0.4) is 0 Å². The quantitative estimate of drug-likeness (QED) is 0.452. The molecule has 0 aromatic rings. The molecule has 0 amide bonds. The van der Waals surface area contributed by atoms with E-state index < -0.39 is 15.1 Å². The zero-order valence-electron chi connectivity index (χ0n) is 16.0. The van der Waals surface area contributed by atoms with Gasteiger partial charge in [-0.1, -0.05) is 20.8 Å². The van der Waals surface area contributed by atoms with Crippen LogP contribution in [0.25, 0.3) is 0 Å². The average Bonchev–Trinajstić information content (AvgIpc) is 2.35. The minimum atomic E-state index is -1.13. The van der Waals surface area contributed by atoms with Crippen molar-refractivity contribution in [2.75, 3.05) is 26.7 Å². The van der Waals surface area contributed by atoms with Crippen LogP contribution < -0.4 is 4.72 Å². The van der Waals surface area contributed by atoms with E-state index in [-0.39, 0.29) is 11.5 Å². The Hall–Kier alpha value is 0.420. The molecule has 0 spiro atoms. The van der Waals surface area contributed by atoms with Gasteiger partial charge in [-0.2, -0.15) is 12.6 Å². The lowest BCUT2D eigenvalue weighted by atomic mass is 9.90. The lowest BCUT2D eigenvalue weighted by Gasteiger charge is -2.33. The number of nitrogens with zero attached hydrogens (tertiary/aromatic N) is 1. The molecule has 3 nitrogen and oxygen atoms in total. The van der Waals surface area contributed by atoms with E-state index in [1.807, 2.05) is 6.92 Å². The van der Waals surface area contributed by atoms with Crippen molar-refractivity contribution in [3.63, 3.8) is 0 Å². The monoisotopic (exact) mass is 351 g/mol. The van der Waals surface area contributed by atoms with Gasteiger partial charge in [0.15, 0.2) is 0 Å². The number of quaternary nitrogens is 1. The first-order valence-corrected chi connectivity index (χ1v) is 10.2. The number of thiol groups is 1. The Morgan fingerprint density at radius 1 is 1.18 bits per heavy atom. The van der Waals surface area contributed by atoms with Gasteiger partial charge in [-0.3, -0.25) is 0 Å². The second-order valence-corrected chi connectivity index (χ2v) is 11.3. The molecule has 5 heteroatoms. The van der Waals surface area contributed by atoms with Crippen molar-refractivity contribution in [3.05, 3.63) is 0 Å². The van der Waals surface area contributed by atoms with E-state index in [4.69, 9.17) is 0 Å². The van der Waals surface area contributed by atoms with Gasteiger partial charge in [0.05, 0.1) is 26.7 Å². The highest BCUT2D eigenvalue weighted by Gasteiger charge is 2.33. The molecule has 134 valence electrons. The summed E-state index contributed by atoms with van der Waals surface area (Å²) in [6.45, 7) is 18.6. The highest BCUT2D eigenvalue weighted by molar-refractivity contribution is 8.01. The van der Waals surface area contributed by atoms with Crippen molar-refractivity contribution >= 4 is 23.6 Å². The Morgan fingerprint density at radius 2 is 1.68 bits per heavy atom. The van der Waals surface area contributed by atoms with Gasteiger partial charge >= 0.3 is 0 Å². The summed E-state index contributed by atoms with van der Waals surface area (Å²) >= 11 is 4.65. The van der Waals surface area contributed by atoms with Crippen molar-refractivity contribution in [1.29, 1.82) is 0 Å². The Balaban J connectivity index is 4.31. The van der Waals surface area contributed by atoms with E-state index in [0.29, 0.717) is 0 Å². The minimum absolute atomic E-state index is 0.124. The summed E-state index contributed by atoms with van der Waals surface area (Å²) in [5.41, 5.74) is 0.124. The van der Waals surface area contributed by atoms with Crippen LogP contribution in [-0.4, -0.2) is 45.5 Å². The van der Waals surface area contributed by atoms with Gasteiger partial charge < -0.3 is 4.48 Å². The van der Waals surface area contributed by atoms with Crippen LogP contribution >= 0.6 is 12.6 Å². The largest absolute Gasteiger partial charge is 0.327 e. The number of nitrogens with one attached hydrogen (secondary N) is 1. The first kappa shape index (κ1) is 22.4.